The molecule has 2 amide bonds. The molecule has 0 unspecified atom stereocenters. The number of nitrogens with zero attached hydrogens (tertiary/aromatic N) is 2. The minimum absolute atomic E-state index is 0.182. The number of carbonyl (C=O) groups is 3. The van der Waals surface area contributed by atoms with Gasteiger partial charge in [-0.3, -0.25) is 14.4 Å². The van der Waals surface area contributed by atoms with Crippen LogP contribution in [0, 0.1) is 17.7 Å². The van der Waals surface area contributed by atoms with E-state index >= 15 is 0 Å². The van der Waals surface area contributed by atoms with Gasteiger partial charge in [0.25, 0.3) is 0 Å². The zero-order valence-electron chi connectivity index (χ0n) is 15.1. The van der Waals surface area contributed by atoms with Gasteiger partial charge in [-0.1, -0.05) is 15.9 Å². The van der Waals surface area contributed by atoms with Gasteiger partial charge in [-0.05, 0) is 44.4 Å². The molecule has 0 N–H and O–H groups in total. The van der Waals surface area contributed by atoms with E-state index in [1.54, 1.807) is 17.9 Å². The van der Waals surface area contributed by atoms with Crippen molar-refractivity contribution in [2.24, 2.45) is 11.8 Å². The number of likely N-dealkylation sites (tertiary alicyclic amines) is 1. The molecule has 2 atom stereocenters. The number of ether oxygens (including phenoxy) is 1. The van der Waals surface area contributed by atoms with Gasteiger partial charge in [0.15, 0.2) is 0 Å². The second kappa shape index (κ2) is 8.37. The van der Waals surface area contributed by atoms with Crippen LogP contribution in [0.1, 0.15) is 26.2 Å². The molecule has 27 heavy (non-hydrogen) atoms. The second-order valence-electron chi connectivity index (χ2n) is 6.80. The second-order valence-corrected chi connectivity index (χ2v) is 7.72. The van der Waals surface area contributed by atoms with Crippen LogP contribution in [0.15, 0.2) is 22.7 Å². The Morgan fingerprint density at radius 3 is 2.78 bits per heavy atom. The smallest absolute Gasteiger partial charge is 0.310 e. The van der Waals surface area contributed by atoms with Gasteiger partial charge in [-0.2, -0.15) is 0 Å². The molecule has 0 spiro atoms. The number of hydrogen-bond donors (Lipinski definition) is 0. The molecule has 3 rings (SSSR count). The Labute approximate surface area is 165 Å². The maximum Gasteiger partial charge on any atom is 0.310 e. The van der Waals surface area contributed by atoms with Gasteiger partial charge >= 0.3 is 5.97 Å². The number of amides is 2. The predicted molar refractivity (Wildman–Crippen MR) is 100 cm³/mol. The van der Waals surface area contributed by atoms with Crippen molar-refractivity contribution in [3.05, 3.63) is 28.5 Å². The minimum atomic E-state index is -0.825. The van der Waals surface area contributed by atoms with Crippen molar-refractivity contribution < 1.29 is 23.5 Å². The van der Waals surface area contributed by atoms with Crippen LogP contribution in [0.2, 0.25) is 0 Å². The molecule has 0 radical (unpaired) electrons. The van der Waals surface area contributed by atoms with Gasteiger partial charge in [-0.15, -0.1) is 0 Å². The van der Waals surface area contributed by atoms with E-state index in [1.807, 2.05) is 0 Å². The highest BCUT2D eigenvalue weighted by Crippen LogP contribution is 2.31. The van der Waals surface area contributed by atoms with Crippen LogP contribution in [0.3, 0.4) is 0 Å². The SMILES string of the molecule is CCOC(=O)[C@@H]1CCCN(C(=O)[C@H]2CCN(c3ccc(Br)cc3F)C2=O)C1. The van der Waals surface area contributed by atoms with Crippen molar-refractivity contribution in [2.75, 3.05) is 31.1 Å². The standard InChI is InChI=1S/C19H22BrFN2O4/c1-2-27-19(26)12-4-3-8-22(11-12)17(24)14-7-9-23(18(14)25)16-6-5-13(20)10-15(16)21/h5-6,10,12,14H,2-4,7-9,11H2,1H3/t12-,14-/m1/s1. The Kier molecular flexibility index (Phi) is 6.14. The lowest BCUT2D eigenvalue weighted by molar-refractivity contribution is -0.152. The number of piperidine rings is 1. The first-order chi connectivity index (χ1) is 12.9. The third-order valence-corrected chi connectivity index (χ3v) is 5.55. The number of rotatable bonds is 4. The largest absolute Gasteiger partial charge is 0.466 e. The van der Waals surface area contributed by atoms with Crippen LogP contribution >= 0.6 is 15.9 Å². The van der Waals surface area contributed by atoms with Crippen molar-refractivity contribution in [3.63, 3.8) is 0 Å². The third-order valence-electron chi connectivity index (χ3n) is 5.06. The fourth-order valence-electron chi connectivity index (χ4n) is 3.70. The summed E-state index contributed by atoms with van der Waals surface area (Å²) in [6, 6.07) is 4.49. The number of halogens is 2. The molecule has 6 nitrogen and oxygen atoms in total. The summed E-state index contributed by atoms with van der Waals surface area (Å²) in [6.07, 6.45) is 1.71. The van der Waals surface area contributed by atoms with E-state index in [0.29, 0.717) is 43.4 Å². The van der Waals surface area contributed by atoms with Crippen LogP contribution in [-0.4, -0.2) is 48.9 Å². The van der Waals surface area contributed by atoms with Gasteiger partial charge < -0.3 is 14.5 Å². The van der Waals surface area contributed by atoms with Crippen LogP contribution in [0.5, 0.6) is 0 Å². The first-order valence-electron chi connectivity index (χ1n) is 9.14. The van der Waals surface area contributed by atoms with E-state index in [2.05, 4.69) is 15.9 Å². The lowest BCUT2D eigenvalue weighted by Crippen LogP contribution is -2.46. The Balaban J connectivity index is 1.69. The summed E-state index contributed by atoms with van der Waals surface area (Å²) < 4.78 is 19.8. The summed E-state index contributed by atoms with van der Waals surface area (Å²) in [7, 11) is 0. The monoisotopic (exact) mass is 440 g/mol. The Morgan fingerprint density at radius 2 is 2.07 bits per heavy atom. The summed E-state index contributed by atoms with van der Waals surface area (Å²) in [4.78, 5) is 40.5. The van der Waals surface area contributed by atoms with Crippen LogP contribution in [0.4, 0.5) is 10.1 Å². The summed E-state index contributed by atoms with van der Waals surface area (Å²) in [5, 5.41) is 0. The lowest BCUT2D eigenvalue weighted by atomic mass is 9.96. The summed E-state index contributed by atoms with van der Waals surface area (Å²) in [5.41, 5.74) is 0.182. The van der Waals surface area contributed by atoms with Crippen LogP contribution in [-0.2, 0) is 19.1 Å². The first kappa shape index (κ1) is 19.8. The molecule has 0 aliphatic carbocycles. The molecule has 146 valence electrons. The van der Waals surface area contributed by atoms with E-state index in [4.69, 9.17) is 4.74 Å². The lowest BCUT2D eigenvalue weighted by Gasteiger charge is -2.32. The van der Waals surface area contributed by atoms with Gasteiger partial charge in [0.1, 0.15) is 11.7 Å². The highest BCUT2D eigenvalue weighted by molar-refractivity contribution is 9.10. The summed E-state index contributed by atoms with van der Waals surface area (Å²) in [6.45, 7) is 3.14. The maximum atomic E-state index is 14.2. The maximum absolute atomic E-state index is 14.2. The first-order valence-corrected chi connectivity index (χ1v) is 9.93. The van der Waals surface area contributed by atoms with Gasteiger partial charge in [-0.25, -0.2) is 4.39 Å². The van der Waals surface area contributed by atoms with Crippen molar-refractivity contribution >= 4 is 39.4 Å². The fraction of sp³-hybridized carbons (Fsp3) is 0.526. The molecular weight excluding hydrogens is 419 g/mol. The van der Waals surface area contributed by atoms with Crippen molar-refractivity contribution in [1.82, 2.24) is 4.90 Å². The van der Waals surface area contributed by atoms with Crippen molar-refractivity contribution in [1.29, 1.82) is 0 Å². The average molecular weight is 441 g/mol. The zero-order chi connectivity index (χ0) is 19.6. The van der Waals surface area contributed by atoms with E-state index in [0.717, 1.165) is 0 Å². The molecule has 1 aromatic rings. The Morgan fingerprint density at radius 1 is 1.30 bits per heavy atom. The molecule has 2 saturated heterocycles. The normalized spacial score (nSPS) is 22.9. The Bertz CT molecular complexity index is 757. The highest BCUT2D eigenvalue weighted by atomic mass is 79.9. The molecule has 0 bridgehead atoms. The summed E-state index contributed by atoms with van der Waals surface area (Å²) >= 11 is 3.19. The molecular formula is C19H22BrFN2O4. The Hall–Kier alpha value is -1.96. The number of esters is 1. The number of anilines is 1. The van der Waals surface area contributed by atoms with Gasteiger partial charge in [0.05, 0.1) is 18.2 Å². The molecule has 0 aromatic heterocycles. The van der Waals surface area contributed by atoms with E-state index in [1.165, 1.54) is 17.0 Å². The van der Waals surface area contributed by atoms with E-state index < -0.39 is 11.7 Å². The topological polar surface area (TPSA) is 66.9 Å². The van der Waals surface area contributed by atoms with E-state index in [9.17, 15) is 18.8 Å². The summed E-state index contributed by atoms with van der Waals surface area (Å²) in [5.74, 6) is -2.65. The van der Waals surface area contributed by atoms with Crippen LogP contribution in [0.25, 0.3) is 0 Å². The van der Waals surface area contributed by atoms with E-state index in [-0.39, 0.29) is 35.9 Å². The molecule has 2 heterocycles. The van der Waals surface area contributed by atoms with Crippen LogP contribution < -0.4 is 4.90 Å². The van der Waals surface area contributed by atoms with Gasteiger partial charge in [0, 0.05) is 24.1 Å². The molecule has 2 aliphatic rings. The highest BCUT2D eigenvalue weighted by Gasteiger charge is 2.42. The molecule has 2 aliphatic heterocycles. The molecule has 0 saturated carbocycles. The molecule has 2 fully saturated rings. The third kappa shape index (κ3) is 4.15. The predicted octanol–water partition coefficient (Wildman–Crippen LogP) is 2.74. The minimum Gasteiger partial charge on any atom is -0.466 e. The number of hydrogen-bond acceptors (Lipinski definition) is 4. The number of benzene rings is 1. The number of carbonyl (C=O) groups excluding carboxylic acids is 3. The molecule has 1 aromatic carbocycles. The quantitative estimate of drug-likeness (QED) is 0.533. The molecule has 8 heteroatoms. The fourth-order valence-corrected chi connectivity index (χ4v) is 4.03. The van der Waals surface area contributed by atoms with Crippen molar-refractivity contribution in [3.8, 4) is 0 Å². The zero-order valence-corrected chi connectivity index (χ0v) is 16.7. The average Bonchev–Trinajstić information content (AvgIpc) is 3.03. The van der Waals surface area contributed by atoms with Crippen molar-refractivity contribution in [2.45, 2.75) is 26.2 Å². The van der Waals surface area contributed by atoms with Gasteiger partial charge in [0.2, 0.25) is 11.8 Å².